The van der Waals surface area contributed by atoms with Crippen molar-refractivity contribution in [1.29, 1.82) is 0 Å². The molecule has 0 amide bonds. The molecule has 4 heterocycles. The first-order valence-corrected chi connectivity index (χ1v) is 12.6. The Balaban J connectivity index is 1.66. The van der Waals surface area contributed by atoms with Crippen molar-refractivity contribution in [3.63, 3.8) is 0 Å². The summed E-state index contributed by atoms with van der Waals surface area (Å²) < 4.78 is 28.3. The van der Waals surface area contributed by atoms with Crippen molar-refractivity contribution in [3.8, 4) is 45.3 Å². The molecule has 0 bridgehead atoms. The molecule has 3 aromatic carbocycles. The van der Waals surface area contributed by atoms with E-state index in [1.807, 2.05) is 78.9 Å². The molecule has 6 heteroatoms. The number of ether oxygens (including phenoxy) is 2. The van der Waals surface area contributed by atoms with Crippen LogP contribution >= 0.6 is 7.14 Å². The minimum atomic E-state index is -3.30. The van der Waals surface area contributed by atoms with E-state index in [9.17, 15) is 0 Å². The van der Waals surface area contributed by atoms with Gasteiger partial charge in [0.2, 0.25) is 0 Å². The number of fused-ring (bicyclic) bond motifs is 4. The fraction of sp³-hybridized carbons (Fsp3) is 0. The third-order valence-electron chi connectivity index (χ3n) is 6.30. The molecule has 0 saturated carbocycles. The van der Waals surface area contributed by atoms with Gasteiger partial charge in [-0.05, 0) is 42.5 Å². The molecule has 2 aromatic heterocycles. The molecule has 0 N–H and O–H groups in total. The Morgan fingerprint density at radius 3 is 1.59 bits per heavy atom. The molecular weight excluding hydrogens is 443 g/mol. The zero-order chi connectivity index (χ0) is 22.7. The van der Waals surface area contributed by atoms with Crippen molar-refractivity contribution < 1.29 is 14.0 Å². The molecule has 7 rings (SSSR count). The Labute approximate surface area is 196 Å². The number of nitrogens with zero attached hydrogens (tertiary/aromatic N) is 2. The van der Waals surface area contributed by atoms with Gasteiger partial charge in [0.15, 0.2) is 18.6 Å². The number of hydrogen-bond acceptors (Lipinski definition) is 5. The monoisotopic (exact) mass is 460 g/mol. The maximum absolute atomic E-state index is 15.3. The topological polar surface area (TPSA) is 61.3 Å². The minimum Gasteiger partial charge on any atom is -0.455 e. The van der Waals surface area contributed by atoms with Crippen molar-refractivity contribution >= 4 is 23.1 Å². The van der Waals surface area contributed by atoms with Crippen LogP contribution in [0.15, 0.2) is 104 Å². The summed E-state index contributed by atoms with van der Waals surface area (Å²) in [6.45, 7) is 0. The van der Waals surface area contributed by atoms with Crippen LogP contribution in [0.25, 0.3) is 22.3 Å². The number of rotatable bonds is 2. The molecule has 0 saturated heterocycles. The van der Waals surface area contributed by atoms with Crippen molar-refractivity contribution in [3.05, 3.63) is 104 Å². The lowest BCUT2D eigenvalue weighted by Gasteiger charge is -2.36. The number of para-hydroxylation sites is 2. The van der Waals surface area contributed by atoms with E-state index in [4.69, 9.17) is 9.47 Å². The van der Waals surface area contributed by atoms with Gasteiger partial charge in [0, 0.05) is 47.0 Å². The lowest BCUT2D eigenvalue weighted by Crippen LogP contribution is -2.35. The first-order chi connectivity index (χ1) is 16.7. The number of hydrogen-bond donors (Lipinski definition) is 0. The Morgan fingerprint density at radius 1 is 0.618 bits per heavy atom. The van der Waals surface area contributed by atoms with Crippen LogP contribution in [0.1, 0.15) is 0 Å². The second-order valence-electron chi connectivity index (χ2n) is 8.21. The number of benzene rings is 3. The van der Waals surface area contributed by atoms with Gasteiger partial charge in [0.25, 0.3) is 0 Å². The van der Waals surface area contributed by atoms with Gasteiger partial charge in [-0.15, -0.1) is 0 Å². The van der Waals surface area contributed by atoms with Crippen LogP contribution in [0.2, 0.25) is 0 Å². The Bertz CT molecular complexity index is 1520. The Morgan fingerprint density at radius 2 is 1.12 bits per heavy atom. The Hall–Kier alpha value is -4.21. The normalized spacial score (nSPS) is 14.1. The zero-order valence-electron chi connectivity index (χ0n) is 17.9. The highest BCUT2D eigenvalue weighted by Crippen LogP contribution is 2.61. The zero-order valence-corrected chi connectivity index (χ0v) is 18.8. The summed E-state index contributed by atoms with van der Waals surface area (Å²) in [6.07, 6.45) is 7.04. The van der Waals surface area contributed by atoms with E-state index >= 15 is 4.57 Å². The van der Waals surface area contributed by atoms with Gasteiger partial charge in [0.1, 0.15) is 16.8 Å². The van der Waals surface area contributed by atoms with Gasteiger partial charge in [-0.25, -0.2) is 0 Å². The standard InChI is InChI=1S/C28H17N2O3P/c31-34-24-11-3-1-9-22(24)32-26-20(18-7-5-13-29-16-18)15-21(19-8-6-14-30-17-19)27(28(26)34)33-23-10-2-4-12-25(23)34/h1-17H. The van der Waals surface area contributed by atoms with Crippen LogP contribution in [0.4, 0.5) is 0 Å². The second kappa shape index (κ2) is 7.14. The second-order valence-corrected chi connectivity index (χ2v) is 10.8. The number of pyridine rings is 2. The molecular formula is C28H17N2O3P. The summed E-state index contributed by atoms with van der Waals surface area (Å²) in [6, 6.07) is 24.9. The fourth-order valence-corrected chi connectivity index (χ4v) is 7.90. The molecule has 0 unspecified atom stereocenters. The van der Waals surface area contributed by atoms with E-state index in [1.54, 1.807) is 24.8 Å². The summed E-state index contributed by atoms with van der Waals surface area (Å²) in [7, 11) is -3.30. The first-order valence-electron chi connectivity index (χ1n) is 10.9. The van der Waals surface area contributed by atoms with Gasteiger partial charge in [0.05, 0.1) is 10.6 Å². The predicted octanol–water partition coefficient (Wildman–Crippen LogP) is 5.66. The van der Waals surface area contributed by atoms with Gasteiger partial charge in [-0.2, -0.15) is 0 Å². The Kier molecular flexibility index (Phi) is 4.05. The lowest BCUT2D eigenvalue weighted by atomic mass is 9.98. The first kappa shape index (κ1) is 19.3. The molecule has 34 heavy (non-hydrogen) atoms. The summed E-state index contributed by atoms with van der Waals surface area (Å²) >= 11 is 0. The van der Waals surface area contributed by atoms with E-state index in [0.29, 0.717) is 38.9 Å². The third-order valence-corrected chi connectivity index (χ3v) is 9.43. The molecule has 2 aliphatic rings. The van der Waals surface area contributed by atoms with Gasteiger partial charge >= 0.3 is 0 Å². The van der Waals surface area contributed by atoms with Crippen LogP contribution in [-0.2, 0) is 4.57 Å². The fourth-order valence-electron chi connectivity index (χ4n) is 4.80. The SMILES string of the molecule is O=P12c3ccccc3Oc3c(-c4cccnc4)cc(-c4cccnc4)c(c31)Oc1ccccc12. The molecule has 5 aromatic rings. The lowest BCUT2D eigenvalue weighted by molar-refractivity contribution is 0.464. The maximum Gasteiger partial charge on any atom is 0.185 e. The van der Waals surface area contributed by atoms with Crippen LogP contribution < -0.4 is 25.4 Å². The van der Waals surface area contributed by atoms with Crippen LogP contribution in [0, 0.1) is 0 Å². The van der Waals surface area contributed by atoms with Crippen LogP contribution in [-0.4, -0.2) is 9.97 Å². The highest BCUT2D eigenvalue weighted by atomic mass is 31.2. The molecule has 2 aliphatic heterocycles. The summed E-state index contributed by atoms with van der Waals surface area (Å²) in [5, 5.41) is 1.95. The summed E-state index contributed by atoms with van der Waals surface area (Å²) in [5.74, 6) is 2.29. The van der Waals surface area contributed by atoms with E-state index in [1.165, 1.54) is 0 Å². The van der Waals surface area contributed by atoms with Crippen LogP contribution in [0.5, 0.6) is 23.0 Å². The third kappa shape index (κ3) is 2.59. The molecule has 0 aliphatic carbocycles. The molecule has 162 valence electrons. The number of aromatic nitrogens is 2. The van der Waals surface area contributed by atoms with E-state index in [2.05, 4.69) is 9.97 Å². The molecule has 0 atom stereocenters. The van der Waals surface area contributed by atoms with Crippen LogP contribution in [0.3, 0.4) is 0 Å². The quantitative estimate of drug-likeness (QED) is 0.312. The highest BCUT2D eigenvalue weighted by Gasteiger charge is 2.48. The maximum atomic E-state index is 15.3. The minimum absolute atomic E-state index is 0.548. The van der Waals surface area contributed by atoms with Gasteiger partial charge in [-0.1, -0.05) is 36.4 Å². The van der Waals surface area contributed by atoms with E-state index < -0.39 is 7.14 Å². The summed E-state index contributed by atoms with van der Waals surface area (Å²) in [4.78, 5) is 8.63. The van der Waals surface area contributed by atoms with Crippen molar-refractivity contribution in [2.24, 2.45) is 0 Å². The van der Waals surface area contributed by atoms with Crippen molar-refractivity contribution in [1.82, 2.24) is 9.97 Å². The van der Waals surface area contributed by atoms with E-state index in [-0.39, 0.29) is 0 Å². The average Bonchev–Trinajstić information content (AvgIpc) is 2.90. The molecule has 0 fully saturated rings. The van der Waals surface area contributed by atoms with Crippen molar-refractivity contribution in [2.45, 2.75) is 0 Å². The molecule has 5 nitrogen and oxygen atoms in total. The van der Waals surface area contributed by atoms with E-state index in [0.717, 1.165) is 22.3 Å². The molecule has 0 spiro atoms. The van der Waals surface area contributed by atoms with Gasteiger partial charge < -0.3 is 14.0 Å². The predicted molar refractivity (Wildman–Crippen MR) is 132 cm³/mol. The van der Waals surface area contributed by atoms with Crippen molar-refractivity contribution in [2.75, 3.05) is 0 Å². The van der Waals surface area contributed by atoms with Gasteiger partial charge in [-0.3, -0.25) is 9.97 Å². The largest absolute Gasteiger partial charge is 0.455 e. The average molecular weight is 460 g/mol. The highest BCUT2D eigenvalue weighted by molar-refractivity contribution is 7.86. The molecule has 0 radical (unpaired) electrons. The summed E-state index contributed by atoms with van der Waals surface area (Å²) in [5.41, 5.74) is 3.36. The smallest absolute Gasteiger partial charge is 0.185 e.